The number of hydrogen-bond acceptors (Lipinski definition) is 3. The molecule has 0 amide bonds. The number of anilines is 1. The van der Waals surface area contributed by atoms with Gasteiger partial charge in [-0.25, -0.2) is 4.98 Å². The smallest absolute Gasteiger partial charge is 0.127 e. The molecule has 96 valence electrons. The molecule has 4 heteroatoms. The fourth-order valence-corrected chi connectivity index (χ4v) is 2.13. The summed E-state index contributed by atoms with van der Waals surface area (Å²) >= 11 is 3.42. The molecule has 2 aromatic rings. The van der Waals surface area contributed by atoms with E-state index < -0.39 is 0 Å². The van der Waals surface area contributed by atoms with Crippen LogP contribution in [0.1, 0.15) is 29.8 Å². The molecule has 1 atom stereocenters. The van der Waals surface area contributed by atoms with Gasteiger partial charge in [0, 0.05) is 16.2 Å². The first kappa shape index (κ1) is 13.6. The molecule has 0 bridgehead atoms. The second-order valence-corrected chi connectivity index (χ2v) is 5.33. The number of pyridine rings is 1. The summed E-state index contributed by atoms with van der Waals surface area (Å²) in [4.78, 5) is 4.39. The van der Waals surface area contributed by atoms with Gasteiger partial charge in [-0.2, -0.15) is 5.26 Å². The number of halogens is 1. The highest BCUT2D eigenvalue weighted by Gasteiger charge is 2.07. The average molecular weight is 316 g/mol. The molecule has 1 aromatic heterocycles. The summed E-state index contributed by atoms with van der Waals surface area (Å²) in [5, 5.41) is 12.3. The Morgan fingerprint density at radius 2 is 1.95 bits per heavy atom. The predicted molar refractivity (Wildman–Crippen MR) is 79.9 cm³/mol. The maximum absolute atomic E-state index is 8.96. The Balaban J connectivity index is 2.19. The zero-order valence-electron chi connectivity index (χ0n) is 10.8. The summed E-state index contributed by atoms with van der Waals surface area (Å²) in [6.07, 6.45) is 0. The minimum atomic E-state index is 0.133. The zero-order valence-corrected chi connectivity index (χ0v) is 12.4. The number of aromatic nitrogens is 1. The van der Waals surface area contributed by atoms with E-state index in [1.807, 2.05) is 19.1 Å². The van der Waals surface area contributed by atoms with E-state index >= 15 is 0 Å². The van der Waals surface area contributed by atoms with Gasteiger partial charge in [-0.1, -0.05) is 28.1 Å². The van der Waals surface area contributed by atoms with Crippen LogP contribution in [0.2, 0.25) is 0 Å². The molecule has 0 aliphatic heterocycles. The number of nitrogens with zero attached hydrogens (tertiary/aromatic N) is 2. The quantitative estimate of drug-likeness (QED) is 0.923. The van der Waals surface area contributed by atoms with Crippen molar-refractivity contribution >= 4 is 21.7 Å². The summed E-state index contributed by atoms with van der Waals surface area (Å²) in [6.45, 7) is 3.95. The maximum Gasteiger partial charge on any atom is 0.127 e. The van der Waals surface area contributed by atoms with Crippen molar-refractivity contribution in [3.8, 4) is 6.07 Å². The van der Waals surface area contributed by atoms with Crippen LogP contribution in [0.3, 0.4) is 0 Å². The molecule has 0 aliphatic carbocycles. The van der Waals surface area contributed by atoms with E-state index in [4.69, 9.17) is 5.26 Å². The van der Waals surface area contributed by atoms with Crippen LogP contribution >= 0.6 is 15.9 Å². The topological polar surface area (TPSA) is 48.7 Å². The van der Waals surface area contributed by atoms with Crippen LogP contribution in [0.4, 0.5) is 5.82 Å². The lowest BCUT2D eigenvalue weighted by Gasteiger charge is -2.15. The van der Waals surface area contributed by atoms with Crippen molar-refractivity contribution in [1.82, 2.24) is 4.98 Å². The lowest BCUT2D eigenvalue weighted by atomic mass is 10.1. The third-order valence-electron chi connectivity index (χ3n) is 2.82. The highest BCUT2D eigenvalue weighted by molar-refractivity contribution is 9.10. The molecule has 0 aliphatic rings. The molecule has 19 heavy (non-hydrogen) atoms. The van der Waals surface area contributed by atoms with E-state index in [2.05, 4.69) is 51.4 Å². The van der Waals surface area contributed by atoms with Gasteiger partial charge in [0.15, 0.2) is 0 Å². The third kappa shape index (κ3) is 3.55. The van der Waals surface area contributed by atoms with Gasteiger partial charge in [-0.05, 0) is 43.7 Å². The van der Waals surface area contributed by atoms with Crippen LogP contribution in [0, 0.1) is 18.3 Å². The summed E-state index contributed by atoms with van der Waals surface area (Å²) in [5.74, 6) is 0.729. The minimum absolute atomic E-state index is 0.133. The van der Waals surface area contributed by atoms with E-state index in [-0.39, 0.29) is 6.04 Å². The fourth-order valence-electron chi connectivity index (χ4n) is 1.86. The summed E-state index contributed by atoms with van der Waals surface area (Å²) in [6, 6.07) is 14.0. The summed E-state index contributed by atoms with van der Waals surface area (Å²) in [5.41, 5.74) is 2.63. The SMILES string of the molecule is Cc1cc(C#N)cc(NC(C)c2ccc(Br)cc2)n1. The van der Waals surface area contributed by atoms with Crippen molar-refractivity contribution in [2.75, 3.05) is 5.32 Å². The first-order valence-electron chi connectivity index (χ1n) is 5.99. The molecule has 1 N–H and O–H groups in total. The Labute approximate surface area is 121 Å². The summed E-state index contributed by atoms with van der Waals surface area (Å²) < 4.78 is 1.06. The number of hydrogen-bond donors (Lipinski definition) is 1. The molecule has 0 saturated carbocycles. The third-order valence-corrected chi connectivity index (χ3v) is 3.35. The van der Waals surface area contributed by atoms with Crippen molar-refractivity contribution in [2.24, 2.45) is 0 Å². The molecule has 2 rings (SSSR count). The van der Waals surface area contributed by atoms with E-state index in [0.29, 0.717) is 5.56 Å². The van der Waals surface area contributed by atoms with E-state index in [1.54, 1.807) is 12.1 Å². The molecule has 0 spiro atoms. The van der Waals surface area contributed by atoms with Crippen molar-refractivity contribution in [3.05, 3.63) is 57.7 Å². The molecule has 3 nitrogen and oxygen atoms in total. The number of rotatable bonds is 3. The van der Waals surface area contributed by atoms with Gasteiger partial charge in [0.05, 0.1) is 11.6 Å². The van der Waals surface area contributed by atoms with Gasteiger partial charge >= 0.3 is 0 Å². The van der Waals surface area contributed by atoms with E-state index in [0.717, 1.165) is 16.0 Å². The number of nitriles is 1. The van der Waals surface area contributed by atoms with Crippen molar-refractivity contribution in [2.45, 2.75) is 19.9 Å². The van der Waals surface area contributed by atoms with Crippen LogP contribution in [0.5, 0.6) is 0 Å². The first-order chi connectivity index (χ1) is 9.08. The Morgan fingerprint density at radius 1 is 1.26 bits per heavy atom. The maximum atomic E-state index is 8.96. The van der Waals surface area contributed by atoms with Crippen LogP contribution in [0.15, 0.2) is 40.9 Å². The second-order valence-electron chi connectivity index (χ2n) is 4.41. The Bertz CT molecular complexity index is 614. The molecule has 0 fully saturated rings. The van der Waals surface area contributed by atoms with Crippen molar-refractivity contribution in [1.29, 1.82) is 5.26 Å². The normalized spacial score (nSPS) is 11.7. The van der Waals surface area contributed by atoms with Gasteiger partial charge in [0.25, 0.3) is 0 Å². The van der Waals surface area contributed by atoms with Crippen molar-refractivity contribution < 1.29 is 0 Å². The van der Waals surface area contributed by atoms with Gasteiger partial charge in [0.2, 0.25) is 0 Å². The monoisotopic (exact) mass is 315 g/mol. The Morgan fingerprint density at radius 3 is 2.58 bits per heavy atom. The average Bonchev–Trinajstić information content (AvgIpc) is 2.38. The van der Waals surface area contributed by atoms with Gasteiger partial charge < -0.3 is 5.32 Å². The number of benzene rings is 1. The molecule has 1 unspecified atom stereocenters. The Hall–Kier alpha value is -1.86. The highest BCUT2D eigenvalue weighted by atomic mass is 79.9. The van der Waals surface area contributed by atoms with E-state index in [1.165, 1.54) is 5.56 Å². The van der Waals surface area contributed by atoms with Gasteiger partial charge in [-0.3, -0.25) is 0 Å². The number of aryl methyl sites for hydroxylation is 1. The van der Waals surface area contributed by atoms with E-state index in [9.17, 15) is 0 Å². The molecular weight excluding hydrogens is 302 g/mol. The second kappa shape index (κ2) is 5.85. The fraction of sp³-hybridized carbons (Fsp3) is 0.200. The standard InChI is InChI=1S/C15H14BrN3/c1-10-7-12(9-17)8-15(18-10)19-11(2)13-3-5-14(16)6-4-13/h3-8,11H,1-2H3,(H,18,19). The van der Waals surface area contributed by atoms with Crippen LogP contribution in [-0.2, 0) is 0 Å². The van der Waals surface area contributed by atoms with Gasteiger partial charge in [-0.15, -0.1) is 0 Å². The first-order valence-corrected chi connectivity index (χ1v) is 6.78. The van der Waals surface area contributed by atoms with Crippen LogP contribution in [-0.4, -0.2) is 4.98 Å². The van der Waals surface area contributed by atoms with Gasteiger partial charge in [0.1, 0.15) is 5.82 Å². The predicted octanol–water partition coefficient (Wildman–Crippen LogP) is 4.20. The zero-order chi connectivity index (χ0) is 13.8. The molecule has 1 heterocycles. The minimum Gasteiger partial charge on any atom is -0.364 e. The van der Waals surface area contributed by atoms with Crippen LogP contribution < -0.4 is 5.32 Å². The molecular formula is C15H14BrN3. The largest absolute Gasteiger partial charge is 0.364 e. The summed E-state index contributed by atoms with van der Waals surface area (Å²) in [7, 11) is 0. The lowest BCUT2D eigenvalue weighted by Crippen LogP contribution is -2.08. The molecule has 0 radical (unpaired) electrons. The lowest BCUT2D eigenvalue weighted by molar-refractivity contribution is 0.872. The molecule has 0 saturated heterocycles. The Kier molecular flexibility index (Phi) is 4.18. The van der Waals surface area contributed by atoms with Crippen LogP contribution in [0.25, 0.3) is 0 Å². The number of nitrogens with one attached hydrogen (secondary N) is 1. The van der Waals surface area contributed by atoms with Crippen molar-refractivity contribution in [3.63, 3.8) is 0 Å². The molecule has 1 aromatic carbocycles. The highest BCUT2D eigenvalue weighted by Crippen LogP contribution is 2.21.